The molecule has 5 aromatic rings. The molecule has 0 amide bonds. The summed E-state index contributed by atoms with van der Waals surface area (Å²) in [5.74, 6) is 0. The number of nitrogens with two attached hydrogens (primary N) is 1. The first-order chi connectivity index (χ1) is 15.7. The number of aromatic nitrogens is 1. The van der Waals surface area contributed by atoms with Gasteiger partial charge in [-0.2, -0.15) is 0 Å². The van der Waals surface area contributed by atoms with Crippen molar-refractivity contribution in [3.8, 4) is 32.8 Å². The molecule has 0 radical (unpaired) electrons. The summed E-state index contributed by atoms with van der Waals surface area (Å²) in [6, 6.07) is 32.0. The monoisotopic (exact) mass is 434 g/mol. The number of nitrogens with zero attached hydrogens (tertiary/aromatic N) is 1. The van der Waals surface area contributed by atoms with E-state index in [-0.39, 0.29) is 0 Å². The molecule has 1 heterocycles. The van der Waals surface area contributed by atoms with Gasteiger partial charge in [-0.05, 0) is 65.4 Å². The summed E-state index contributed by atoms with van der Waals surface area (Å²) in [5, 5.41) is 0.978. The number of benzene rings is 4. The fourth-order valence-corrected chi connectivity index (χ4v) is 5.24. The van der Waals surface area contributed by atoms with Gasteiger partial charge in [-0.3, -0.25) is 0 Å². The highest BCUT2D eigenvalue weighted by molar-refractivity contribution is 7.21. The molecule has 0 saturated heterocycles. The zero-order valence-electron chi connectivity index (χ0n) is 18.2. The van der Waals surface area contributed by atoms with Crippen molar-refractivity contribution in [2.45, 2.75) is 26.2 Å². The lowest BCUT2D eigenvalue weighted by molar-refractivity contribution is 0.796. The molecule has 0 unspecified atom stereocenters. The number of hydrogen-bond acceptors (Lipinski definition) is 3. The van der Waals surface area contributed by atoms with Crippen LogP contribution in [-0.2, 0) is 6.42 Å². The zero-order valence-corrected chi connectivity index (χ0v) is 19.0. The van der Waals surface area contributed by atoms with Gasteiger partial charge >= 0.3 is 0 Å². The van der Waals surface area contributed by atoms with Crippen LogP contribution in [0.5, 0.6) is 0 Å². The molecular weight excluding hydrogens is 408 g/mol. The average molecular weight is 435 g/mol. The summed E-state index contributed by atoms with van der Waals surface area (Å²) in [7, 11) is 0. The minimum absolute atomic E-state index is 0.769. The molecule has 1 aromatic heterocycles. The van der Waals surface area contributed by atoms with Crippen molar-refractivity contribution in [3.05, 3.63) is 96.6 Å². The Kier molecular flexibility index (Phi) is 5.74. The molecule has 0 aliphatic carbocycles. The average Bonchev–Trinajstić information content (AvgIpc) is 3.27. The van der Waals surface area contributed by atoms with Gasteiger partial charge in [0.05, 0.1) is 10.2 Å². The van der Waals surface area contributed by atoms with Crippen molar-refractivity contribution >= 4 is 27.2 Å². The summed E-state index contributed by atoms with van der Waals surface area (Å²) in [5.41, 5.74) is 15.3. The molecule has 2 nitrogen and oxygen atoms in total. The second-order valence-corrected chi connectivity index (χ2v) is 9.18. The summed E-state index contributed by atoms with van der Waals surface area (Å²) < 4.78 is 1.22. The number of unbranched alkanes of at least 4 members (excludes halogenated alkanes) is 1. The molecule has 32 heavy (non-hydrogen) atoms. The van der Waals surface area contributed by atoms with Crippen molar-refractivity contribution in [1.29, 1.82) is 0 Å². The quantitative estimate of drug-likeness (QED) is 0.273. The van der Waals surface area contributed by atoms with E-state index in [0.717, 1.165) is 28.2 Å². The molecule has 0 aliphatic rings. The van der Waals surface area contributed by atoms with Crippen LogP contribution in [0.25, 0.3) is 43.0 Å². The maximum absolute atomic E-state index is 6.27. The molecule has 3 heteroatoms. The fraction of sp³-hybridized carbons (Fsp3) is 0.138. The van der Waals surface area contributed by atoms with Gasteiger partial charge in [0.1, 0.15) is 5.01 Å². The van der Waals surface area contributed by atoms with E-state index in [0.29, 0.717) is 0 Å². The van der Waals surface area contributed by atoms with E-state index in [9.17, 15) is 0 Å². The third kappa shape index (κ3) is 4.04. The first kappa shape index (κ1) is 20.5. The van der Waals surface area contributed by atoms with Crippen LogP contribution in [0.15, 0.2) is 91.0 Å². The van der Waals surface area contributed by atoms with Crippen LogP contribution in [0.2, 0.25) is 0 Å². The predicted molar refractivity (Wildman–Crippen MR) is 139 cm³/mol. The van der Waals surface area contributed by atoms with Crippen molar-refractivity contribution in [3.63, 3.8) is 0 Å². The van der Waals surface area contributed by atoms with Crippen LogP contribution in [0.4, 0.5) is 5.69 Å². The molecule has 0 spiro atoms. The van der Waals surface area contributed by atoms with E-state index in [1.807, 2.05) is 18.2 Å². The van der Waals surface area contributed by atoms with Gasteiger partial charge in [0.25, 0.3) is 0 Å². The Morgan fingerprint density at radius 1 is 0.750 bits per heavy atom. The van der Waals surface area contributed by atoms with E-state index >= 15 is 0 Å². The van der Waals surface area contributed by atoms with Crippen molar-refractivity contribution in [2.24, 2.45) is 0 Å². The van der Waals surface area contributed by atoms with E-state index in [4.69, 9.17) is 10.7 Å². The molecule has 0 atom stereocenters. The van der Waals surface area contributed by atoms with Crippen molar-refractivity contribution < 1.29 is 0 Å². The van der Waals surface area contributed by atoms with Crippen molar-refractivity contribution in [2.75, 3.05) is 5.73 Å². The smallest absolute Gasteiger partial charge is 0.126 e. The number of nitrogen functional groups attached to an aromatic ring is 1. The molecule has 0 saturated carbocycles. The maximum atomic E-state index is 6.27. The first-order valence-electron chi connectivity index (χ1n) is 11.2. The number of hydrogen-bond donors (Lipinski definition) is 1. The van der Waals surface area contributed by atoms with Gasteiger partial charge in [-0.25, -0.2) is 4.98 Å². The fourth-order valence-electron chi connectivity index (χ4n) is 4.14. The van der Waals surface area contributed by atoms with Gasteiger partial charge in [0.2, 0.25) is 0 Å². The molecule has 0 fully saturated rings. The molecule has 2 N–H and O–H groups in total. The molecule has 5 rings (SSSR count). The van der Waals surface area contributed by atoms with Gasteiger partial charge in [-0.15, -0.1) is 11.3 Å². The topological polar surface area (TPSA) is 38.9 Å². The lowest BCUT2D eigenvalue weighted by Gasteiger charge is -2.09. The molecule has 0 bridgehead atoms. The Labute approximate surface area is 193 Å². The van der Waals surface area contributed by atoms with Crippen LogP contribution < -0.4 is 5.73 Å². The van der Waals surface area contributed by atoms with E-state index in [2.05, 4.69) is 79.7 Å². The summed E-state index contributed by atoms with van der Waals surface area (Å²) in [4.78, 5) is 5.08. The molecule has 4 aromatic carbocycles. The Balaban J connectivity index is 1.68. The number of rotatable bonds is 6. The van der Waals surface area contributed by atoms with E-state index in [1.165, 1.54) is 45.4 Å². The molecular formula is C29H26N2S. The highest BCUT2D eigenvalue weighted by Gasteiger charge is 2.15. The minimum atomic E-state index is 0.769. The minimum Gasteiger partial charge on any atom is -0.398 e. The Morgan fingerprint density at radius 3 is 2.31 bits per heavy atom. The second-order valence-electron chi connectivity index (χ2n) is 8.15. The first-order valence-corrected chi connectivity index (χ1v) is 12.0. The Hall–Kier alpha value is -3.43. The third-order valence-corrected chi connectivity index (χ3v) is 6.88. The largest absolute Gasteiger partial charge is 0.398 e. The van der Waals surface area contributed by atoms with Gasteiger partial charge in [-0.1, -0.05) is 74.0 Å². The van der Waals surface area contributed by atoms with Gasteiger partial charge < -0.3 is 5.73 Å². The van der Waals surface area contributed by atoms with Crippen LogP contribution in [0.3, 0.4) is 0 Å². The highest BCUT2D eigenvalue weighted by atomic mass is 32.1. The molecule has 158 valence electrons. The summed E-state index contributed by atoms with van der Waals surface area (Å²) >= 11 is 1.73. The normalized spacial score (nSPS) is 11.2. The lowest BCUT2D eigenvalue weighted by atomic mass is 9.96. The van der Waals surface area contributed by atoms with Crippen LogP contribution >= 0.6 is 11.3 Å². The lowest BCUT2D eigenvalue weighted by Crippen LogP contribution is -1.90. The van der Waals surface area contributed by atoms with E-state index < -0.39 is 0 Å². The summed E-state index contributed by atoms with van der Waals surface area (Å²) in [6.45, 7) is 2.24. The molecule has 0 aliphatic heterocycles. The summed E-state index contributed by atoms with van der Waals surface area (Å²) in [6.07, 6.45) is 3.45. The zero-order chi connectivity index (χ0) is 21.9. The number of thiazole rings is 1. The van der Waals surface area contributed by atoms with Crippen LogP contribution in [0.1, 0.15) is 25.3 Å². The maximum Gasteiger partial charge on any atom is 0.126 e. The van der Waals surface area contributed by atoms with Gasteiger partial charge in [0.15, 0.2) is 0 Å². The van der Waals surface area contributed by atoms with Crippen LogP contribution in [-0.4, -0.2) is 4.98 Å². The standard InChI is InChI=1S/C29H26N2S/c1-2-3-10-20-17-25(23-14-9-13-22(19-23)21-11-5-4-6-12-21)28-27(18-20)32-29(31-28)24-15-7-8-16-26(24)30/h4-9,11-19H,2-3,10,30H2,1H3. The third-order valence-electron chi connectivity index (χ3n) is 5.85. The Morgan fingerprint density at radius 2 is 1.50 bits per heavy atom. The van der Waals surface area contributed by atoms with Crippen LogP contribution in [0, 0.1) is 0 Å². The SMILES string of the molecule is CCCCc1cc(-c2cccc(-c3ccccc3)c2)c2nc(-c3ccccc3N)sc2c1. The second kappa shape index (κ2) is 8.97. The predicted octanol–water partition coefficient (Wildman–Crippen LogP) is 8.22. The number of anilines is 1. The van der Waals surface area contributed by atoms with Gasteiger partial charge in [0, 0.05) is 16.8 Å². The Bertz CT molecular complexity index is 1370. The van der Waals surface area contributed by atoms with Crippen molar-refractivity contribution in [1.82, 2.24) is 4.98 Å². The highest BCUT2D eigenvalue weighted by Crippen LogP contribution is 2.39. The number of para-hydroxylation sites is 1. The number of fused-ring (bicyclic) bond motifs is 1. The van der Waals surface area contributed by atoms with E-state index in [1.54, 1.807) is 11.3 Å². The number of aryl methyl sites for hydroxylation is 1.